The van der Waals surface area contributed by atoms with Crippen molar-refractivity contribution in [3.63, 3.8) is 0 Å². The standard InChI is InChI=1S/C12H23NO/c1-2-12-10-13(8-9-14-12)11-6-4-3-5-7-11/h11-12H,2-10H2,1H3. The fraction of sp³-hybridized carbons (Fsp3) is 1.00. The van der Waals surface area contributed by atoms with E-state index in [1.807, 2.05) is 0 Å². The highest BCUT2D eigenvalue weighted by Gasteiger charge is 2.26. The summed E-state index contributed by atoms with van der Waals surface area (Å²) in [6.07, 6.45) is 8.87. The SMILES string of the molecule is CCC1CN(C2CCCCC2)CCO1. The van der Waals surface area contributed by atoms with E-state index in [9.17, 15) is 0 Å². The molecule has 0 aromatic rings. The predicted molar refractivity (Wildman–Crippen MR) is 58.5 cm³/mol. The average molecular weight is 197 g/mol. The molecule has 1 atom stereocenters. The van der Waals surface area contributed by atoms with Gasteiger partial charge in [0.25, 0.3) is 0 Å². The summed E-state index contributed by atoms with van der Waals surface area (Å²) < 4.78 is 5.71. The van der Waals surface area contributed by atoms with E-state index >= 15 is 0 Å². The largest absolute Gasteiger partial charge is 0.376 e. The number of morpholine rings is 1. The third-order valence-corrected chi connectivity index (χ3v) is 3.72. The Labute approximate surface area is 87.6 Å². The van der Waals surface area contributed by atoms with Crippen molar-refractivity contribution >= 4 is 0 Å². The lowest BCUT2D eigenvalue weighted by Crippen LogP contribution is -2.48. The van der Waals surface area contributed by atoms with Crippen molar-refractivity contribution in [3.8, 4) is 0 Å². The molecule has 0 aromatic carbocycles. The van der Waals surface area contributed by atoms with Crippen molar-refractivity contribution < 1.29 is 4.74 Å². The molecule has 1 heterocycles. The van der Waals surface area contributed by atoms with Crippen molar-refractivity contribution in [3.05, 3.63) is 0 Å². The van der Waals surface area contributed by atoms with Gasteiger partial charge in [0, 0.05) is 19.1 Å². The topological polar surface area (TPSA) is 12.5 Å². The Morgan fingerprint density at radius 1 is 1.21 bits per heavy atom. The van der Waals surface area contributed by atoms with Crippen LogP contribution in [0.3, 0.4) is 0 Å². The van der Waals surface area contributed by atoms with E-state index in [-0.39, 0.29) is 0 Å². The number of hydrogen-bond donors (Lipinski definition) is 0. The molecule has 1 saturated heterocycles. The summed E-state index contributed by atoms with van der Waals surface area (Å²) in [5.74, 6) is 0. The van der Waals surface area contributed by atoms with E-state index < -0.39 is 0 Å². The second-order valence-electron chi connectivity index (χ2n) is 4.69. The van der Waals surface area contributed by atoms with Gasteiger partial charge in [-0.05, 0) is 19.3 Å². The van der Waals surface area contributed by atoms with Crippen LogP contribution in [-0.2, 0) is 4.74 Å². The fourth-order valence-corrected chi connectivity index (χ4v) is 2.77. The van der Waals surface area contributed by atoms with Gasteiger partial charge in [-0.2, -0.15) is 0 Å². The predicted octanol–water partition coefficient (Wildman–Crippen LogP) is 2.43. The molecular weight excluding hydrogens is 174 g/mol. The highest BCUT2D eigenvalue weighted by atomic mass is 16.5. The van der Waals surface area contributed by atoms with Gasteiger partial charge in [0.05, 0.1) is 12.7 Å². The molecule has 1 aliphatic heterocycles. The molecule has 1 aliphatic carbocycles. The van der Waals surface area contributed by atoms with E-state index in [1.165, 1.54) is 51.6 Å². The van der Waals surface area contributed by atoms with E-state index in [0.717, 1.165) is 12.6 Å². The molecule has 0 bridgehead atoms. The minimum atomic E-state index is 0.505. The third-order valence-electron chi connectivity index (χ3n) is 3.72. The Morgan fingerprint density at radius 3 is 2.71 bits per heavy atom. The van der Waals surface area contributed by atoms with Gasteiger partial charge in [-0.15, -0.1) is 0 Å². The minimum absolute atomic E-state index is 0.505. The molecule has 2 aliphatic rings. The Kier molecular flexibility index (Phi) is 3.82. The van der Waals surface area contributed by atoms with Crippen molar-refractivity contribution in [2.24, 2.45) is 0 Å². The fourth-order valence-electron chi connectivity index (χ4n) is 2.77. The molecular formula is C12H23NO. The zero-order chi connectivity index (χ0) is 9.80. The smallest absolute Gasteiger partial charge is 0.0700 e. The van der Waals surface area contributed by atoms with Gasteiger partial charge in [0.2, 0.25) is 0 Å². The lowest BCUT2D eigenvalue weighted by atomic mass is 9.93. The number of nitrogens with zero attached hydrogens (tertiary/aromatic N) is 1. The van der Waals surface area contributed by atoms with Gasteiger partial charge in [-0.25, -0.2) is 0 Å². The van der Waals surface area contributed by atoms with Crippen LogP contribution in [0.4, 0.5) is 0 Å². The van der Waals surface area contributed by atoms with Crippen LogP contribution in [0.15, 0.2) is 0 Å². The van der Waals surface area contributed by atoms with Gasteiger partial charge in [-0.1, -0.05) is 26.2 Å². The molecule has 0 N–H and O–H groups in total. The lowest BCUT2D eigenvalue weighted by Gasteiger charge is -2.39. The molecule has 0 aromatic heterocycles. The van der Waals surface area contributed by atoms with E-state index in [0.29, 0.717) is 6.10 Å². The molecule has 2 nitrogen and oxygen atoms in total. The molecule has 0 spiro atoms. The monoisotopic (exact) mass is 197 g/mol. The zero-order valence-corrected chi connectivity index (χ0v) is 9.37. The van der Waals surface area contributed by atoms with Crippen LogP contribution in [0.25, 0.3) is 0 Å². The van der Waals surface area contributed by atoms with Crippen LogP contribution in [-0.4, -0.2) is 36.7 Å². The highest BCUT2D eigenvalue weighted by molar-refractivity contribution is 4.80. The normalized spacial score (nSPS) is 31.9. The third kappa shape index (κ3) is 2.48. The first-order valence-corrected chi connectivity index (χ1v) is 6.26. The van der Waals surface area contributed by atoms with Crippen molar-refractivity contribution in [1.82, 2.24) is 4.90 Å². The second-order valence-corrected chi connectivity index (χ2v) is 4.69. The number of ether oxygens (including phenoxy) is 1. The highest BCUT2D eigenvalue weighted by Crippen LogP contribution is 2.24. The van der Waals surface area contributed by atoms with Crippen LogP contribution in [0.5, 0.6) is 0 Å². The van der Waals surface area contributed by atoms with Gasteiger partial charge < -0.3 is 4.74 Å². The minimum Gasteiger partial charge on any atom is -0.376 e. The first kappa shape index (κ1) is 10.4. The van der Waals surface area contributed by atoms with Crippen molar-refractivity contribution in [2.45, 2.75) is 57.6 Å². The van der Waals surface area contributed by atoms with Gasteiger partial charge >= 0.3 is 0 Å². The summed E-state index contributed by atoms with van der Waals surface area (Å²) in [4.78, 5) is 2.68. The van der Waals surface area contributed by atoms with E-state index in [4.69, 9.17) is 4.74 Å². The van der Waals surface area contributed by atoms with Crippen LogP contribution >= 0.6 is 0 Å². The maximum Gasteiger partial charge on any atom is 0.0700 e. The summed E-state index contributed by atoms with van der Waals surface area (Å²) in [7, 11) is 0. The average Bonchev–Trinajstić information content (AvgIpc) is 2.30. The maximum absolute atomic E-state index is 5.71. The molecule has 2 rings (SSSR count). The summed E-state index contributed by atoms with van der Waals surface area (Å²) >= 11 is 0. The zero-order valence-electron chi connectivity index (χ0n) is 9.37. The second kappa shape index (κ2) is 5.13. The Hall–Kier alpha value is -0.0800. The molecule has 0 radical (unpaired) electrons. The quantitative estimate of drug-likeness (QED) is 0.674. The Bertz CT molecular complexity index is 166. The molecule has 0 amide bonds. The number of rotatable bonds is 2. The van der Waals surface area contributed by atoms with Gasteiger partial charge in [0.1, 0.15) is 0 Å². The molecule has 2 fully saturated rings. The van der Waals surface area contributed by atoms with Crippen LogP contribution in [0.1, 0.15) is 45.4 Å². The molecule has 1 saturated carbocycles. The van der Waals surface area contributed by atoms with Crippen LogP contribution in [0.2, 0.25) is 0 Å². The summed E-state index contributed by atoms with van der Waals surface area (Å²) in [6, 6.07) is 0.877. The molecule has 1 unspecified atom stereocenters. The van der Waals surface area contributed by atoms with Crippen molar-refractivity contribution in [2.75, 3.05) is 19.7 Å². The lowest BCUT2D eigenvalue weighted by molar-refractivity contribution is -0.0491. The summed E-state index contributed by atoms with van der Waals surface area (Å²) in [5, 5.41) is 0. The Balaban J connectivity index is 1.83. The van der Waals surface area contributed by atoms with Crippen LogP contribution < -0.4 is 0 Å². The summed E-state index contributed by atoms with van der Waals surface area (Å²) in [5.41, 5.74) is 0. The molecule has 2 heteroatoms. The molecule has 82 valence electrons. The van der Waals surface area contributed by atoms with Gasteiger partial charge in [0.15, 0.2) is 0 Å². The van der Waals surface area contributed by atoms with Crippen LogP contribution in [0, 0.1) is 0 Å². The number of hydrogen-bond acceptors (Lipinski definition) is 2. The maximum atomic E-state index is 5.71. The van der Waals surface area contributed by atoms with E-state index in [2.05, 4.69) is 11.8 Å². The Morgan fingerprint density at radius 2 is 2.00 bits per heavy atom. The van der Waals surface area contributed by atoms with E-state index in [1.54, 1.807) is 0 Å². The van der Waals surface area contributed by atoms with Gasteiger partial charge in [-0.3, -0.25) is 4.90 Å². The van der Waals surface area contributed by atoms with Crippen molar-refractivity contribution in [1.29, 1.82) is 0 Å². The summed E-state index contributed by atoms with van der Waals surface area (Å²) in [6.45, 7) is 5.53. The first-order chi connectivity index (χ1) is 6.90. The first-order valence-electron chi connectivity index (χ1n) is 6.26. The molecule has 14 heavy (non-hydrogen) atoms.